The van der Waals surface area contributed by atoms with Crippen LogP contribution in [0.25, 0.3) is 22.3 Å². The second kappa shape index (κ2) is 7.98. The summed E-state index contributed by atoms with van der Waals surface area (Å²) in [6, 6.07) is 0.793. The van der Waals surface area contributed by atoms with Gasteiger partial charge in [-0.05, 0) is 43.6 Å². The number of carbonyl (C=O) groups is 2. The lowest BCUT2D eigenvalue weighted by molar-refractivity contribution is -0.148. The first-order valence-corrected chi connectivity index (χ1v) is 10.8. The molecule has 0 aliphatic heterocycles. The van der Waals surface area contributed by atoms with Crippen LogP contribution in [0.4, 0.5) is 10.2 Å². The Bertz CT molecular complexity index is 1310. The maximum atomic E-state index is 13.8. The van der Waals surface area contributed by atoms with Crippen LogP contribution in [0.5, 0.6) is 0 Å². The van der Waals surface area contributed by atoms with E-state index in [2.05, 4.69) is 20.3 Å². The third-order valence-electron chi connectivity index (χ3n) is 6.86. The van der Waals surface area contributed by atoms with Gasteiger partial charge in [0.1, 0.15) is 18.0 Å². The Morgan fingerprint density at radius 3 is 2.64 bits per heavy atom. The van der Waals surface area contributed by atoms with E-state index in [1.807, 2.05) is 0 Å². The van der Waals surface area contributed by atoms with Crippen LogP contribution < -0.4 is 10.9 Å². The largest absolute Gasteiger partial charge is 0.481 e. The molecule has 3 aliphatic rings. The highest BCUT2D eigenvalue weighted by Crippen LogP contribution is 2.46. The third-order valence-corrected chi connectivity index (χ3v) is 6.86. The first-order valence-electron chi connectivity index (χ1n) is 10.8. The van der Waals surface area contributed by atoms with E-state index in [4.69, 9.17) is 0 Å². The van der Waals surface area contributed by atoms with Crippen molar-refractivity contribution in [2.45, 2.75) is 38.3 Å². The number of aliphatic carboxylic acids is 2. The van der Waals surface area contributed by atoms with Gasteiger partial charge in [-0.1, -0.05) is 0 Å². The molecule has 11 heteroatoms. The van der Waals surface area contributed by atoms with Crippen LogP contribution in [0.1, 0.15) is 25.7 Å². The Labute approximate surface area is 186 Å². The van der Waals surface area contributed by atoms with Crippen LogP contribution in [-0.2, 0) is 16.1 Å². The molecule has 2 atom stereocenters. The van der Waals surface area contributed by atoms with Crippen molar-refractivity contribution >= 4 is 28.8 Å². The highest BCUT2D eigenvalue weighted by Gasteiger charge is 2.47. The molecule has 0 unspecified atom stereocenters. The number of H-pyrrole nitrogens is 1. The summed E-state index contributed by atoms with van der Waals surface area (Å²) in [7, 11) is 0. The molecule has 3 heterocycles. The van der Waals surface area contributed by atoms with Gasteiger partial charge in [0.05, 0.1) is 17.8 Å². The zero-order chi connectivity index (χ0) is 23.3. The van der Waals surface area contributed by atoms with Crippen LogP contribution in [-0.4, -0.2) is 47.7 Å². The van der Waals surface area contributed by atoms with Gasteiger partial charge in [-0.3, -0.25) is 19.0 Å². The van der Waals surface area contributed by atoms with Gasteiger partial charge in [0.15, 0.2) is 5.82 Å². The standard InChI is InChI=1S/C22H22FN5O5/c23-12-5-13-14(7-25-19(13)24-6-12)15-8-28(9-16(29)30)21(31)20(26-15)27-18-11-3-1-10(2-4-11)17(18)22(32)33/h5-8,10-11,17-18H,1-4,9H2,(H,24,25)(H,26,27)(H,29,30)(H,32,33)/t10?,11?,17-,18-/m0/s1. The molecule has 0 amide bonds. The number of nitrogens with zero attached hydrogens (tertiary/aromatic N) is 3. The fourth-order valence-corrected chi connectivity index (χ4v) is 5.39. The molecule has 3 aromatic rings. The minimum atomic E-state index is -1.22. The van der Waals surface area contributed by atoms with Crippen molar-refractivity contribution in [1.82, 2.24) is 19.5 Å². The molecule has 3 aliphatic carbocycles. The van der Waals surface area contributed by atoms with Gasteiger partial charge < -0.3 is 20.5 Å². The summed E-state index contributed by atoms with van der Waals surface area (Å²) in [5, 5.41) is 22.6. The van der Waals surface area contributed by atoms with Crippen molar-refractivity contribution in [3.8, 4) is 11.3 Å². The maximum absolute atomic E-state index is 13.8. The quantitative estimate of drug-likeness (QED) is 0.442. The monoisotopic (exact) mass is 455 g/mol. The van der Waals surface area contributed by atoms with Crippen LogP contribution in [0.2, 0.25) is 0 Å². The normalized spacial score (nSPS) is 24.2. The summed E-state index contributed by atoms with van der Waals surface area (Å²) >= 11 is 0. The smallest absolute Gasteiger partial charge is 0.323 e. The fraction of sp³-hybridized carbons (Fsp3) is 0.409. The molecule has 172 valence electrons. The first kappa shape index (κ1) is 21.1. The average Bonchev–Trinajstić information content (AvgIpc) is 3.19. The average molecular weight is 455 g/mol. The fourth-order valence-electron chi connectivity index (χ4n) is 5.39. The maximum Gasteiger partial charge on any atom is 0.323 e. The number of hydrogen-bond donors (Lipinski definition) is 4. The number of fused-ring (bicyclic) bond motifs is 4. The molecule has 3 saturated carbocycles. The lowest BCUT2D eigenvalue weighted by atomic mass is 9.61. The number of rotatable bonds is 6. The second-order valence-corrected chi connectivity index (χ2v) is 8.76. The molecular formula is C22H22FN5O5. The van der Waals surface area contributed by atoms with E-state index in [0.29, 0.717) is 16.6 Å². The molecule has 3 fully saturated rings. The molecule has 3 aromatic heterocycles. The summed E-state index contributed by atoms with van der Waals surface area (Å²) in [5.74, 6) is -3.34. The van der Waals surface area contributed by atoms with Crippen LogP contribution in [0.15, 0.2) is 29.5 Å². The molecule has 0 spiro atoms. The minimum absolute atomic E-state index is 0.0251. The van der Waals surface area contributed by atoms with E-state index in [1.54, 1.807) is 6.20 Å². The Hall–Kier alpha value is -3.76. The highest BCUT2D eigenvalue weighted by molar-refractivity contribution is 5.92. The van der Waals surface area contributed by atoms with Crippen molar-refractivity contribution in [2.75, 3.05) is 5.32 Å². The number of anilines is 1. The summed E-state index contributed by atoms with van der Waals surface area (Å²) < 4.78 is 14.8. The van der Waals surface area contributed by atoms with Crippen LogP contribution in [0, 0.1) is 23.6 Å². The van der Waals surface area contributed by atoms with Gasteiger partial charge in [0, 0.05) is 29.4 Å². The molecular weight excluding hydrogens is 433 g/mol. The molecule has 2 bridgehead atoms. The number of halogens is 1. The zero-order valence-corrected chi connectivity index (χ0v) is 17.5. The number of pyridine rings is 1. The van der Waals surface area contributed by atoms with Crippen LogP contribution in [0.3, 0.4) is 0 Å². The van der Waals surface area contributed by atoms with Crippen molar-refractivity contribution in [3.05, 3.63) is 40.8 Å². The predicted molar refractivity (Wildman–Crippen MR) is 115 cm³/mol. The number of carboxylic acids is 2. The van der Waals surface area contributed by atoms with E-state index in [9.17, 15) is 29.0 Å². The Balaban J connectivity index is 1.61. The predicted octanol–water partition coefficient (Wildman–Crippen LogP) is 2.31. The number of hydrogen-bond acceptors (Lipinski definition) is 6. The Morgan fingerprint density at radius 1 is 1.21 bits per heavy atom. The van der Waals surface area contributed by atoms with E-state index in [1.165, 1.54) is 12.3 Å². The van der Waals surface area contributed by atoms with E-state index < -0.39 is 41.8 Å². The van der Waals surface area contributed by atoms with Crippen molar-refractivity contribution < 1.29 is 24.2 Å². The van der Waals surface area contributed by atoms with Gasteiger partial charge in [-0.15, -0.1) is 0 Å². The zero-order valence-electron chi connectivity index (χ0n) is 17.5. The highest BCUT2D eigenvalue weighted by atomic mass is 19.1. The topological polar surface area (TPSA) is 150 Å². The lowest BCUT2D eigenvalue weighted by Crippen LogP contribution is -2.52. The Morgan fingerprint density at radius 2 is 1.94 bits per heavy atom. The number of carboxylic acid groups (broad SMARTS) is 2. The number of aromatic amines is 1. The van der Waals surface area contributed by atoms with Crippen molar-refractivity contribution in [3.63, 3.8) is 0 Å². The van der Waals surface area contributed by atoms with Gasteiger partial charge in [0.2, 0.25) is 0 Å². The molecule has 4 N–H and O–H groups in total. The number of aromatic nitrogens is 4. The van der Waals surface area contributed by atoms with Gasteiger partial charge >= 0.3 is 11.9 Å². The summed E-state index contributed by atoms with van der Waals surface area (Å²) in [5.41, 5.74) is 0.439. The molecule has 33 heavy (non-hydrogen) atoms. The molecule has 6 rings (SSSR count). The van der Waals surface area contributed by atoms with E-state index in [0.717, 1.165) is 36.4 Å². The van der Waals surface area contributed by atoms with E-state index >= 15 is 0 Å². The summed E-state index contributed by atoms with van der Waals surface area (Å²) in [6.07, 6.45) is 7.33. The number of nitrogens with one attached hydrogen (secondary N) is 2. The van der Waals surface area contributed by atoms with Gasteiger partial charge in [0.25, 0.3) is 5.56 Å². The minimum Gasteiger partial charge on any atom is -0.481 e. The van der Waals surface area contributed by atoms with Crippen molar-refractivity contribution in [1.29, 1.82) is 0 Å². The van der Waals surface area contributed by atoms with E-state index in [-0.39, 0.29) is 23.3 Å². The SMILES string of the molecule is O=C(O)Cn1cc(-c2c[nH]c3ncc(F)cc23)nc(N[C@H]2C3CCC(CC3)[C@@H]2C(=O)O)c1=O. The molecule has 0 saturated heterocycles. The molecule has 0 aromatic carbocycles. The van der Waals surface area contributed by atoms with Gasteiger partial charge in [-0.25, -0.2) is 14.4 Å². The Kier molecular flexibility index (Phi) is 5.10. The summed E-state index contributed by atoms with van der Waals surface area (Å²) in [6.45, 7) is -0.600. The molecule has 0 radical (unpaired) electrons. The third kappa shape index (κ3) is 3.73. The second-order valence-electron chi connectivity index (χ2n) is 8.76. The molecule has 10 nitrogen and oxygen atoms in total. The summed E-state index contributed by atoms with van der Waals surface area (Å²) in [4.78, 5) is 47.8. The first-order chi connectivity index (χ1) is 15.8. The van der Waals surface area contributed by atoms with Crippen molar-refractivity contribution in [2.24, 2.45) is 17.8 Å². The lowest BCUT2D eigenvalue weighted by Gasteiger charge is -2.47. The van der Waals surface area contributed by atoms with Gasteiger partial charge in [-0.2, -0.15) is 0 Å². The van der Waals surface area contributed by atoms with Crippen LogP contribution >= 0.6 is 0 Å².